The third-order valence-corrected chi connectivity index (χ3v) is 5.78. The molecule has 1 amide bonds. The number of nitrogens with one attached hydrogen (secondary N) is 1. The minimum absolute atomic E-state index is 0.120. The summed E-state index contributed by atoms with van der Waals surface area (Å²) in [4.78, 5) is 16.7. The number of sulfone groups is 1. The molecule has 0 saturated carbocycles. The molecule has 0 fully saturated rings. The van der Waals surface area contributed by atoms with Crippen LogP contribution in [0.3, 0.4) is 0 Å². The van der Waals surface area contributed by atoms with E-state index in [1.807, 2.05) is 35.7 Å². The molecule has 3 aromatic rings. The minimum atomic E-state index is -3.23. The molecule has 0 spiro atoms. The molecule has 1 aromatic heterocycles. The van der Waals surface area contributed by atoms with Crippen LogP contribution in [-0.4, -0.2) is 32.2 Å². The van der Waals surface area contributed by atoms with Crippen LogP contribution in [0.2, 0.25) is 0 Å². The summed E-state index contributed by atoms with van der Waals surface area (Å²) in [5.41, 5.74) is 1.48. The van der Waals surface area contributed by atoms with Gasteiger partial charge in [-0.05, 0) is 30.7 Å². The largest absolute Gasteiger partial charge is 0.494 e. The lowest BCUT2D eigenvalue weighted by atomic mass is 10.2. The monoisotopic (exact) mass is 416 g/mol. The van der Waals surface area contributed by atoms with Gasteiger partial charge in [0.1, 0.15) is 5.75 Å². The van der Waals surface area contributed by atoms with Crippen LogP contribution in [0.5, 0.6) is 5.75 Å². The first-order valence-corrected chi connectivity index (χ1v) is 11.4. The number of para-hydroxylation sites is 1. The number of aromatic nitrogens is 1. The molecule has 3 rings (SSSR count). The van der Waals surface area contributed by atoms with Gasteiger partial charge in [0.25, 0.3) is 0 Å². The van der Waals surface area contributed by atoms with Crippen molar-refractivity contribution < 1.29 is 17.9 Å². The number of amides is 1. The Hall–Kier alpha value is -2.71. The van der Waals surface area contributed by atoms with Crippen molar-refractivity contribution in [3.05, 3.63) is 60.0 Å². The van der Waals surface area contributed by atoms with Crippen LogP contribution in [-0.2, 0) is 14.6 Å². The van der Waals surface area contributed by atoms with E-state index in [0.717, 1.165) is 11.3 Å². The molecule has 1 heterocycles. The van der Waals surface area contributed by atoms with Crippen molar-refractivity contribution in [2.24, 2.45) is 0 Å². The Balaban J connectivity index is 1.49. The Morgan fingerprint density at radius 3 is 2.50 bits per heavy atom. The summed E-state index contributed by atoms with van der Waals surface area (Å²) in [7, 11) is -3.23. The average molecular weight is 417 g/mol. The van der Waals surface area contributed by atoms with E-state index >= 15 is 0 Å². The van der Waals surface area contributed by atoms with E-state index in [1.165, 1.54) is 17.6 Å². The van der Waals surface area contributed by atoms with Crippen molar-refractivity contribution in [3.63, 3.8) is 0 Å². The lowest BCUT2D eigenvalue weighted by molar-refractivity contribution is -0.116. The molecule has 0 aliphatic rings. The number of thiazole rings is 1. The van der Waals surface area contributed by atoms with Crippen LogP contribution in [0.1, 0.15) is 12.8 Å². The summed E-state index contributed by atoms with van der Waals surface area (Å²) in [5.74, 6) is 0.666. The predicted octanol–water partition coefficient (Wildman–Crippen LogP) is 4.01. The van der Waals surface area contributed by atoms with E-state index in [9.17, 15) is 13.2 Å². The maximum atomic E-state index is 12.1. The van der Waals surface area contributed by atoms with Gasteiger partial charge in [0.2, 0.25) is 5.91 Å². The number of nitrogens with zero attached hydrogens (tertiary/aromatic N) is 1. The van der Waals surface area contributed by atoms with Gasteiger partial charge in [-0.15, -0.1) is 11.3 Å². The van der Waals surface area contributed by atoms with Crippen molar-refractivity contribution >= 4 is 32.2 Å². The molecule has 0 saturated heterocycles. The van der Waals surface area contributed by atoms with Crippen molar-refractivity contribution in [1.29, 1.82) is 0 Å². The number of carbonyl (C=O) groups is 1. The van der Waals surface area contributed by atoms with Crippen molar-refractivity contribution in [1.82, 2.24) is 4.98 Å². The predicted molar refractivity (Wildman–Crippen MR) is 110 cm³/mol. The van der Waals surface area contributed by atoms with E-state index in [-0.39, 0.29) is 10.8 Å². The lowest BCUT2D eigenvalue weighted by Gasteiger charge is -2.05. The molecule has 6 nitrogen and oxygen atoms in total. The molecule has 0 aliphatic carbocycles. The fourth-order valence-corrected chi connectivity index (χ4v) is 3.82. The van der Waals surface area contributed by atoms with Crippen LogP contribution < -0.4 is 10.1 Å². The van der Waals surface area contributed by atoms with E-state index in [2.05, 4.69) is 10.3 Å². The number of carbonyl (C=O) groups excluding carboxylic acids is 1. The number of hydrogen-bond donors (Lipinski definition) is 1. The molecule has 0 bridgehead atoms. The SMILES string of the molecule is CS(=O)(=O)c1ccc(-c2csc(NC(=O)CCCOc3ccccc3)n2)cc1. The van der Waals surface area contributed by atoms with Crippen LogP contribution in [0.15, 0.2) is 64.9 Å². The van der Waals surface area contributed by atoms with Crippen molar-refractivity contribution in [2.45, 2.75) is 17.7 Å². The topological polar surface area (TPSA) is 85.4 Å². The van der Waals surface area contributed by atoms with Crippen LogP contribution in [0.4, 0.5) is 5.13 Å². The normalized spacial score (nSPS) is 11.2. The first-order chi connectivity index (χ1) is 13.4. The van der Waals surface area contributed by atoms with E-state index < -0.39 is 9.84 Å². The van der Waals surface area contributed by atoms with Gasteiger partial charge in [-0.25, -0.2) is 13.4 Å². The Morgan fingerprint density at radius 1 is 1.11 bits per heavy atom. The Labute approximate surface area is 168 Å². The molecular weight excluding hydrogens is 396 g/mol. The maximum absolute atomic E-state index is 12.1. The average Bonchev–Trinajstić information content (AvgIpc) is 3.14. The second-order valence-electron chi connectivity index (χ2n) is 6.15. The van der Waals surface area contributed by atoms with Gasteiger partial charge >= 0.3 is 0 Å². The summed E-state index contributed by atoms with van der Waals surface area (Å²) in [6.07, 6.45) is 2.11. The fourth-order valence-electron chi connectivity index (χ4n) is 2.46. The Bertz CT molecular complexity index is 1030. The first-order valence-electron chi connectivity index (χ1n) is 8.65. The number of anilines is 1. The third kappa shape index (κ3) is 5.64. The lowest BCUT2D eigenvalue weighted by Crippen LogP contribution is -2.12. The molecule has 8 heteroatoms. The highest BCUT2D eigenvalue weighted by Crippen LogP contribution is 2.26. The number of ether oxygens (including phenoxy) is 1. The standard InChI is InChI=1S/C20H20N2O4S2/c1-28(24,25)17-11-9-15(10-12-17)18-14-27-20(21-18)22-19(23)8-5-13-26-16-6-3-2-4-7-16/h2-4,6-7,9-12,14H,5,8,13H2,1H3,(H,21,22,23). The summed E-state index contributed by atoms with van der Waals surface area (Å²) in [6, 6.07) is 16.0. The van der Waals surface area contributed by atoms with Gasteiger partial charge < -0.3 is 10.1 Å². The number of hydrogen-bond acceptors (Lipinski definition) is 6. The van der Waals surface area contributed by atoms with Gasteiger partial charge in [0, 0.05) is 23.6 Å². The molecule has 0 atom stereocenters. The molecule has 2 aromatic carbocycles. The summed E-state index contributed by atoms with van der Waals surface area (Å²) in [5, 5.41) is 5.12. The smallest absolute Gasteiger partial charge is 0.226 e. The van der Waals surface area contributed by atoms with Crippen molar-refractivity contribution in [2.75, 3.05) is 18.2 Å². The minimum Gasteiger partial charge on any atom is -0.494 e. The molecule has 0 radical (unpaired) electrons. The summed E-state index contributed by atoms with van der Waals surface area (Å²) in [6.45, 7) is 0.466. The number of rotatable bonds is 8. The van der Waals surface area contributed by atoms with Gasteiger partial charge in [-0.1, -0.05) is 30.3 Å². The highest BCUT2D eigenvalue weighted by atomic mass is 32.2. The Morgan fingerprint density at radius 2 is 1.82 bits per heavy atom. The molecule has 1 N–H and O–H groups in total. The Kier molecular flexibility index (Phi) is 6.43. The van der Waals surface area contributed by atoms with Gasteiger partial charge in [-0.2, -0.15) is 0 Å². The summed E-state index contributed by atoms with van der Waals surface area (Å²) < 4.78 is 28.6. The molecule has 28 heavy (non-hydrogen) atoms. The second kappa shape index (κ2) is 8.99. The molecule has 0 unspecified atom stereocenters. The molecular formula is C20H20N2O4S2. The van der Waals surface area contributed by atoms with E-state index in [0.29, 0.717) is 30.3 Å². The highest BCUT2D eigenvalue weighted by Gasteiger charge is 2.10. The second-order valence-corrected chi connectivity index (χ2v) is 9.02. The zero-order valence-corrected chi connectivity index (χ0v) is 16.9. The highest BCUT2D eigenvalue weighted by molar-refractivity contribution is 7.90. The molecule has 146 valence electrons. The van der Waals surface area contributed by atoms with E-state index in [4.69, 9.17) is 4.74 Å². The van der Waals surface area contributed by atoms with Gasteiger partial charge in [-0.3, -0.25) is 4.79 Å². The quantitative estimate of drug-likeness (QED) is 0.561. The molecule has 0 aliphatic heterocycles. The summed E-state index contributed by atoms with van der Waals surface area (Å²) >= 11 is 1.33. The third-order valence-electron chi connectivity index (χ3n) is 3.89. The van der Waals surface area contributed by atoms with Crippen LogP contribution >= 0.6 is 11.3 Å². The first kappa shape index (κ1) is 20.0. The number of benzene rings is 2. The van der Waals surface area contributed by atoms with Crippen LogP contribution in [0, 0.1) is 0 Å². The maximum Gasteiger partial charge on any atom is 0.226 e. The van der Waals surface area contributed by atoms with Gasteiger partial charge in [0.05, 0.1) is 17.2 Å². The fraction of sp³-hybridized carbons (Fsp3) is 0.200. The van der Waals surface area contributed by atoms with Crippen molar-refractivity contribution in [3.8, 4) is 17.0 Å². The zero-order valence-electron chi connectivity index (χ0n) is 15.3. The zero-order chi connectivity index (χ0) is 20.0. The van der Waals surface area contributed by atoms with Crippen LogP contribution in [0.25, 0.3) is 11.3 Å². The van der Waals surface area contributed by atoms with E-state index in [1.54, 1.807) is 24.3 Å². The van der Waals surface area contributed by atoms with Gasteiger partial charge in [0.15, 0.2) is 15.0 Å².